The maximum Gasteiger partial charge on any atom is -0.00477 e. The number of rotatable bonds is 5. The first-order valence-corrected chi connectivity index (χ1v) is 4.37. The van der Waals surface area contributed by atoms with Gasteiger partial charge in [-0.3, -0.25) is 0 Å². The first-order valence-electron chi connectivity index (χ1n) is 4.37. The lowest BCUT2D eigenvalue weighted by Crippen LogP contribution is -1.85. The van der Waals surface area contributed by atoms with Crippen LogP contribution in [0.2, 0.25) is 0 Å². The van der Waals surface area contributed by atoms with Crippen molar-refractivity contribution in [2.75, 3.05) is 0 Å². The third-order valence-electron chi connectivity index (χ3n) is 1.85. The number of unbranched alkanes of at least 4 members (excludes halogenated alkanes) is 2. The van der Waals surface area contributed by atoms with Crippen molar-refractivity contribution in [2.24, 2.45) is 0 Å². The molecule has 0 saturated heterocycles. The van der Waals surface area contributed by atoms with Crippen LogP contribution in [0.5, 0.6) is 0 Å². The van der Waals surface area contributed by atoms with E-state index in [2.05, 4.69) is 18.2 Å². The summed E-state index contributed by atoms with van der Waals surface area (Å²) >= 11 is 0. The molecule has 0 aromatic heterocycles. The second-order valence-electron chi connectivity index (χ2n) is 2.86. The van der Waals surface area contributed by atoms with E-state index in [9.17, 15) is 0 Å². The molecular weight excluding hydrogens is 146 g/mol. The summed E-state index contributed by atoms with van der Waals surface area (Å²) in [5, 5.41) is 6.86. The zero-order valence-corrected chi connectivity index (χ0v) is 7.22. The maximum absolute atomic E-state index is 6.86. The monoisotopic (exact) mass is 160 g/mol. The quantitative estimate of drug-likeness (QED) is 0.506. The molecule has 1 aromatic carbocycles. The van der Waals surface area contributed by atoms with Crippen LogP contribution in [0, 0.1) is 11.5 Å². The zero-order chi connectivity index (χ0) is 8.65. The van der Waals surface area contributed by atoms with Crippen molar-refractivity contribution >= 4 is 6.21 Å². The zero-order valence-electron chi connectivity index (χ0n) is 7.22. The summed E-state index contributed by atoms with van der Waals surface area (Å²) in [6.07, 6.45) is 5.84. The molecule has 0 aliphatic carbocycles. The van der Waals surface area contributed by atoms with Crippen LogP contribution in [0.3, 0.4) is 0 Å². The van der Waals surface area contributed by atoms with Crippen molar-refractivity contribution in [1.82, 2.24) is 0 Å². The Morgan fingerprint density at radius 2 is 2.00 bits per heavy atom. The summed E-state index contributed by atoms with van der Waals surface area (Å²) in [6, 6.07) is 11.1. The highest BCUT2D eigenvalue weighted by Crippen LogP contribution is 2.04. The average molecular weight is 160 g/mol. The Kier molecular flexibility index (Phi) is 4.14. The molecule has 0 spiro atoms. The van der Waals surface area contributed by atoms with Gasteiger partial charge in [-0.15, -0.1) is 0 Å². The number of benzene rings is 1. The predicted octanol–water partition coefficient (Wildman–Crippen LogP) is 2.85. The summed E-state index contributed by atoms with van der Waals surface area (Å²) in [4.78, 5) is 0. The van der Waals surface area contributed by atoms with E-state index >= 15 is 0 Å². The Labute approximate surface area is 73.9 Å². The van der Waals surface area contributed by atoms with Gasteiger partial charge < -0.3 is 5.41 Å². The van der Waals surface area contributed by atoms with Crippen molar-refractivity contribution in [1.29, 1.82) is 5.41 Å². The van der Waals surface area contributed by atoms with Crippen molar-refractivity contribution in [3.63, 3.8) is 0 Å². The third-order valence-corrected chi connectivity index (χ3v) is 1.85. The van der Waals surface area contributed by atoms with E-state index < -0.39 is 0 Å². The van der Waals surface area contributed by atoms with Gasteiger partial charge in [-0.05, 0) is 43.5 Å². The second-order valence-corrected chi connectivity index (χ2v) is 2.86. The number of nitrogens with one attached hydrogen (secondary N) is 1. The van der Waals surface area contributed by atoms with Crippen LogP contribution in [0.4, 0.5) is 0 Å². The van der Waals surface area contributed by atoms with Gasteiger partial charge in [-0.25, -0.2) is 0 Å². The van der Waals surface area contributed by atoms with E-state index in [4.69, 9.17) is 5.41 Å². The smallest absolute Gasteiger partial charge is 0.00477 e. The molecular formula is C11H14N. The fourth-order valence-electron chi connectivity index (χ4n) is 1.16. The summed E-state index contributed by atoms with van der Waals surface area (Å²) in [7, 11) is 0. The Bertz CT molecular complexity index is 216. The topological polar surface area (TPSA) is 23.9 Å². The Balaban J connectivity index is 2.20. The molecule has 0 fully saturated rings. The minimum Gasteiger partial charge on any atom is -0.313 e. The molecule has 1 radical (unpaired) electrons. The van der Waals surface area contributed by atoms with E-state index in [1.54, 1.807) is 0 Å². The molecule has 0 aliphatic heterocycles. The van der Waals surface area contributed by atoms with Crippen LogP contribution in [-0.2, 0) is 6.42 Å². The number of hydrogen-bond acceptors (Lipinski definition) is 1. The fourth-order valence-corrected chi connectivity index (χ4v) is 1.16. The maximum atomic E-state index is 6.86. The lowest BCUT2D eigenvalue weighted by molar-refractivity contribution is 0.765. The Morgan fingerprint density at radius 3 is 2.67 bits per heavy atom. The van der Waals surface area contributed by atoms with E-state index in [1.807, 2.05) is 12.1 Å². The summed E-state index contributed by atoms with van der Waals surface area (Å²) in [5.41, 5.74) is 1.37. The van der Waals surface area contributed by atoms with Gasteiger partial charge in [0.1, 0.15) is 0 Å². The second kappa shape index (κ2) is 5.53. The Hall–Kier alpha value is -1.11. The molecule has 0 saturated carbocycles. The molecule has 1 aromatic rings. The molecule has 0 amide bonds. The largest absolute Gasteiger partial charge is 0.313 e. The fraction of sp³-hybridized carbons (Fsp3) is 0.364. The van der Waals surface area contributed by atoms with Gasteiger partial charge in [0.15, 0.2) is 0 Å². The van der Waals surface area contributed by atoms with Gasteiger partial charge in [0.05, 0.1) is 0 Å². The van der Waals surface area contributed by atoms with Crippen LogP contribution >= 0.6 is 0 Å². The van der Waals surface area contributed by atoms with Gasteiger partial charge in [0.2, 0.25) is 0 Å². The third kappa shape index (κ3) is 3.33. The molecule has 0 atom stereocenters. The number of aryl methyl sites for hydroxylation is 1. The van der Waals surface area contributed by atoms with E-state index in [-0.39, 0.29) is 0 Å². The SMILES string of the molecule is N=CCCCCc1cc[c]cc1. The highest BCUT2D eigenvalue weighted by Gasteiger charge is 1.90. The minimum absolute atomic E-state index is 0.916. The van der Waals surface area contributed by atoms with Gasteiger partial charge in [-0.1, -0.05) is 24.3 Å². The lowest BCUT2D eigenvalue weighted by atomic mass is 10.1. The van der Waals surface area contributed by atoms with Crippen molar-refractivity contribution in [3.05, 3.63) is 35.9 Å². The molecule has 1 N–H and O–H groups in total. The van der Waals surface area contributed by atoms with Gasteiger partial charge in [0, 0.05) is 0 Å². The van der Waals surface area contributed by atoms with Gasteiger partial charge in [0.25, 0.3) is 0 Å². The highest BCUT2D eigenvalue weighted by atomic mass is 14.3. The van der Waals surface area contributed by atoms with Crippen LogP contribution in [0.25, 0.3) is 0 Å². The van der Waals surface area contributed by atoms with Crippen molar-refractivity contribution in [2.45, 2.75) is 25.7 Å². The molecule has 63 valence electrons. The minimum atomic E-state index is 0.916. The molecule has 1 nitrogen and oxygen atoms in total. The molecule has 0 heterocycles. The summed E-state index contributed by atoms with van der Waals surface area (Å²) in [5.74, 6) is 0. The van der Waals surface area contributed by atoms with Crippen LogP contribution in [-0.4, -0.2) is 6.21 Å². The average Bonchev–Trinajstić information content (AvgIpc) is 2.14. The van der Waals surface area contributed by atoms with Gasteiger partial charge in [-0.2, -0.15) is 0 Å². The first kappa shape index (κ1) is 8.98. The van der Waals surface area contributed by atoms with E-state index in [0.717, 1.165) is 19.3 Å². The van der Waals surface area contributed by atoms with Crippen LogP contribution in [0.1, 0.15) is 24.8 Å². The molecule has 0 aliphatic rings. The van der Waals surface area contributed by atoms with Crippen molar-refractivity contribution in [3.8, 4) is 0 Å². The standard InChI is InChI=1S/C11H14N/c12-10-6-2-5-9-11-7-3-1-4-8-11/h3-4,7-8,10,12H,2,5-6,9H2. The van der Waals surface area contributed by atoms with Crippen molar-refractivity contribution < 1.29 is 0 Å². The first-order chi connectivity index (χ1) is 5.93. The van der Waals surface area contributed by atoms with Gasteiger partial charge >= 0.3 is 0 Å². The summed E-state index contributed by atoms with van der Waals surface area (Å²) in [6.45, 7) is 0. The molecule has 1 heteroatoms. The van der Waals surface area contributed by atoms with Crippen LogP contribution in [0.15, 0.2) is 24.3 Å². The van der Waals surface area contributed by atoms with Crippen LogP contribution < -0.4 is 0 Å². The molecule has 12 heavy (non-hydrogen) atoms. The van der Waals surface area contributed by atoms with E-state index in [0.29, 0.717) is 0 Å². The Morgan fingerprint density at radius 1 is 1.25 bits per heavy atom. The number of hydrogen-bond donors (Lipinski definition) is 1. The molecule has 1 rings (SSSR count). The van der Waals surface area contributed by atoms with E-state index in [1.165, 1.54) is 18.2 Å². The normalized spacial score (nSPS) is 9.67. The lowest BCUT2D eigenvalue weighted by Gasteiger charge is -1.98. The molecule has 0 unspecified atom stereocenters. The highest BCUT2D eigenvalue weighted by molar-refractivity contribution is 5.52. The summed E-state index contributed by atoms with van der Waals surface area (Å²) < 4.78 is 0. The molecule has 0 bridgehead atoms. The predicted molar refractivity (Wildman–Crippen MR) is 51.6 cm³/mol.